The topological polar surface area (TPSA) is 54.5 Å². The SMILES string of the molecule is C=C(C)CC(C)(CCC)c1ccccc1-c1nc(C)nn1-c1ccc(C#N)cc1C. The summed E-state index contributed by atoms with van der Waals surface area (Å²) < 4.78 is 1.91. The van der Waals surface area contributed by atoms with Crippen LogP contribution in [0.1, 0.15) is 62.5 Å². The molecule has 30 heavy (non-hydrogen) atoms. The number of nitrogens with zero attached hydrogens (tertiary/aromatic N) is 4. The number of benzene rings is 2. The van der Waals surface area contributed by atoms with E-state index in [0.29, 0.717) is 5.56 Å². The zero-order chi connectivity index (χ0) is 21.9. The van der Waals surface area contributed by atoms with E-state index in [4.69, 9.17) is 10.1 Å². The van der Waals surface area contributed by atoms with E-state index in [0.717, 1.165) is 47.7 Å². The van der Waals surface area contributed by atoms with Gasteiger partial charge < -0.3 is 0 Å². The third-order valence-corrected chi connectivity index (χ3v) is 5.58. The third kappa shape index (κ3) is 4.21. The average Bonchev–Trinajstić information content (AvgIpc) is 3.08. The Balaban J connectivity index is 2.22. The molecule has 0 saturated heterocycles. The fraction of sp³-hybridized carbons (Fsp3) is 0.346. The van der Waals surface area contributed by atoms with Gasteiger partial charge in [0.25, 0.3) is 0 Å². The zero-order valence-electron chi connectivity index (χ0n) is 18.7. The second-order valence-corrected chi connectivity index (χ2v) is 8.50. The maximum atomic E-state index is 9.22. The molecule has 1 heterocycles. The summed E-state index contributed by atoms with van der Waals surface area (Å²) in [5, 5.41) is 13.9. The second kappa shape index (κ2) is 8.67. The van der Waals surface area contributed by atoms with Crippen LogP contribution in [0.4, 0.5) is 0 Å². The highest BCUT2D eigenvalue weighted by Crippen LogP contribution is 2.40. The highest BCUT2D eigenvalue weighted by molar-refractivity contribution is 5.65. The largest absolute Gasteiger partial charge is 0.213 e. The van der Waals surface area contributed by atoms with Gasteiger partial charge in [0.2, 0.25) is 0 Å². The molecule has 4 heteroatoms. The second-order valence-electron chi connectivity index (χ2n) is 8.50. The first-order chi connectivity index (χ1) is 14.3. The van der Waals surface area contributed by atoms with E-state index in [1.165, 1.54) is 11.1 Å². The third-order valence-electron chi connectivity index (χ3n) is 5.58. The number of rotatable bonds is 7. The lowest BCUT2D eigenvalue weighted by Crippen LogP contribution is -2.23. The smallest absolute Gasteiger partial charge is 0.163 e. The molecular formula is C26H30N4. The van der Waals surface area contributed by atoms with Crippen molar-refractivity contribution in [2.75, 3.05) is 0 Å². The fourth-order valence-electron chi connectivity index (χ4n) is 4.46. The lowest BCUT2D eigenvalue weighted by atomic mass is 9.72. The van der Waals surface area contributed by atoms with Crippen LogP contribution in [0.3, 0.4) is 0 Å². The summed E-state index contributed by atoms with van der Waals surface area (Å²) >= 11 is 0. The van der Waals surface area contributed by atoms with Crippen molar-refractivity contribution in [1.29, 1.82) is 5.26 Å². The van der Waals surface area contributed by atoms with Crippen molar-refractivity contribution in [1.82, 2.24) is 14.8 Å². The maximum absolute atomic E-state index is 9.22. The van der Waals surface area contributed by atoms with Crippen LogP contribution in [0.2, 0.25) is 0 Å². The van der Waals surface area contributed by atoms with Crippen LogP contribution in [0.15, 0.2) is 54.6 Å². The van der Waals surface area contributed by atoms with Gasteiger partial charge in [-0.05, 0) is 68.4 Å². The molecule has 4 nitrogen and oxygen atoms in total. The summed E-state index contributed by atoms with van der Waals surface area (Å²) in [6, 6.07) is 16.4. The van der Waals surface area contributed by atoms with E-state index in [-0.39, 0.29) is 5.41 Å². The molecule has 0 aliphatic rings. The van der Waals surface area contributed by atoms with Crippen molar-refractivity contribution >= 4 is 0 Å². The molecular weight excluding hydrogens is 368 g/mol. The molecule has 1 aromatic heterocycles. The van der Waals surface area contributed by atoms with Crippen molar-refractivity contribution in [3.8, 4) is 23.1 Å². The van der Waals surface area contributed by atoms with Gasteiger partial charge in [0, 0.05) is 5.56 Å². The molecule has 1 atom stereocenters. The van der Waals surface area contributed by atoms with Crippen LogP contribution in [-0.4, -0.2) is 14.8 Å². The van der Waals surface area contributed by atoms with Crippen molar-refractivity contribution < 1.29 is 0 Å². The van der Waals surface area contributed by atoms with Gasteiger partial charge in [-0.3, -0.25) is 0 Å². The Bertz CT molecular complexity index is 1120. The molecule has 0 spiro atoms. The molecule has 154 valence electrons. The van der Waals surface area contributed by atoms with Crippen molar-refractivity contribution in [2.24, 2.45) is 0 Å². The molecule has 0 fully saturated rings. The molecule has 0 bridgehead atoms. The quantitative estimate of drug-likeness (QED) is 0.430. The normalized spacial score (nSPS) is 12.9. The van der Waals surface area contributed by atoms with E-state index in [1.807, 2.05) is 36.7 Å². The molecule has 0 aliphatic heterocycles. The number of nitriles is 1. The Morgan fingerprint density at radius 1 is 1.20 bits per heavy atom. The van der Waals surface area contributed by atoms with Crippen LogP contribution in [0, 0.1) is 25.2 Å². The van der Waals surface area contributed by atoms with E-state index >= 15 is 0 Å². The van der Waals surface area contributed by atoms with Crippen molar-refractivity contribution in [3.63, 3.8) is 0 Å². The van der Waals surface area contributed by atoms with Crippen LogP contribution in [0.25, 0.3) is 17.1 Å². The van der Waals surface area contributed by atoms with Gasteiger partial charge in [0.1, 0.15) is 5.82 Å². The monoisotopic (exact) mass is 398 g/mol. The highest BCUT2D eigenvalue weighted by Gasteiger charge is 2.30. The summed E-state index contributed by atoms with van der Waals surface area (Å²) in [6.45, 7) is 14.8. The number of hydrogen-bond donors (Lipinski definition) is 0. The van der Waals surface area contributed by atoms with E-state index in [1.54, 1.807) is 0 Å². The zero-order valence-corrected chi connectivity index (χ0v) is 18.7. The van der Waals surface area contributed by atoms with Crippen LogP contribution >= 0.6 is 0 Å². The highest BCUT2D eigenvalue weighted by atomic mass is 15.3. The first kappa shape index (κ1) is 21.5. The molecule has 3 aromatic rings. The number of aryl methyl sites for hydroxylation is 2. The first-order valence-corrected chi connectivity index (χ1v) is 10.5. The molecule has 3 rings (SSSR count). The predicted octanol–water partition coefficient (Wildman–Crippen LogP) is 6.45. The maximum Gasteiger partial charge on any atom is 0.163 e. The van der Waals surface area contributed by atoms with E-state index in [2.05, 4.69) is 57.7 Å². The van der Waals surface area contributed by atoms with Gasteiger partial charge in [0.05, 0.1) is 17.3 Å². The van der Waals surface area contributed by atoms with E-state index < -0.39 is 0 Å². The van der Waals surface area contributed by atoms with Gasteiger partial charge in [-0.25, -0.2) is 9.67 Å². The Kier molecular flexibility index (Phi) is 6.22. The van der Waals surface area contributed by atoms with Gasteiger partial charge in [0.15, 0.2) is 5.82 Å². The molecule has 0 N–H and O–H groups in total. The van der Waals surface area contributed by atoms with Crippen LogP contribution < -0.4 is 0 Å². The standard InChI is InChI=1S/C26H30N4/c1-7-14-26(6,16-18(2)3)23-11-9-8-10-22(23)25-28-20(5)29-30(25)24-13-12-21(17-27)15-19(24)4/h8-13,15H,2,7,14,16H2,1,3-6H3. The van der Waals surface area contributed by atoms with Crippen molar-refractivity contribution in [3.05, 3.63) is 77.1 Å². The summed E-state index contributed by atoms with van der Waals surface area (Å²) in [6.07, 6.45) is 3.10. The Labute approximate surface area is 179 Å². The van der Waals surface area contributed by atoms with Gasteiger partial charge >= 0.3 is 0 Å². The first-order valence-electron chi connectivity index (χ1n) is 10.5. The lowest BCUT2D eigenvalue weighted by molar-refractivity contribution is 0.425. The number of hydrogen-bond acceptors (Lipinski definition) is 3. The fourth-order valence-corrected chi connectivity index (χ4v) is 4.46. The predicted molar refractivity (Wildman–Crippen MR) is 123 cm³/mol. The molecule has 2 aromatic carbocycles. The minimum Gasteiger partial charge on any atom is -0.213 e. The molecule has 0 radical (unpaired) electrons. The molecule has 0 saturated carbocycles. The van der Waals surface area contributed by atoms with Crippen LogP contribution in [0.5, 0.6) is 0 Å². The minimum absolute atomic E-state index is 0.0262. The minimum atomic E-state index is -0.0262. The van der Waals surface area contributed by atoms with Gasteiger partial charge in [-0.15, -0.1) is 6.58 Å². The molecule has 0 aliphatic carbocycles. The summed E-state index contributed by atoms with van der Waals surface area (Å²) in [5.41, 5.74) is 6.11. The average molecular weight is 399 g/mol. The van der Waals surface area contributed by atoms with Crippen molar-refractivity contribution in [2.45, 2.75) is 59.3 Å². The summed E-state index contributed by atoms with van der Waals surface area (Å²) in [7, 11) is 0. The number of aromatic nitrogens is 3. The van der Waals surface area contributed by atoms with Gasteiger partial charge in [-0.2, -0.15) is 10.4 Å². The summed E-state index contributed by atoms with van der Waals surface area (Å²) in [4.78, 5) is 4.82. The molecule has 0 amide bonds. The molecule has 1 unspecified atom stereocenters. The summed E-state index contributed by atoms with van der Waals surface area (Å²) in [5.74, 6) is 1.56. The Morgan fingerprint density at radius 3 is 2.57 bits per heavy atom. The van der Waals surface area contributed by atoms with E-state index in [9.17, 15) is 5.26 Å². The Morgan fingerprint density at radius 2 is 1.93 bits per heavy atom. The lowest BCUT2D eigenvalue weighted by Gasteiger charge is -2.32. The van der Waals surface area contributed by atoms with Crippen LogP contribution in [-0.2, 0) is 5.41 Å². The van der Waals surface area contributed by atoms with Gasteiger partial charge in [-0.1, -0.05) is 50.1 Å². The Hall–Kier alpha value is -3.19. The number of allylic oxidation sites excluding steroid dienone is 1.